The molecular formula is C83H160N8O14. The first-order chi connectivity index (χ1) is 49.2. The van der Waals surface area contributed by atoms with E-state index in [1.165, 1.54) is 166 Å². The molecule has 616 valence electrons. The van der Waals surface area contributed by atoms with E-state index in [2.05, 4.69) is 67.5 Å². The second kappa shape index (κ2) is 60.4. The number of hydrogen-bond donors (Lipinski definition) is 10. The number of carbonyl (C=O) groups excluding carboxylic acids is 5. The fourth-order valence-electron chi connectivity index (χ4n) is 15.7. The van der Waals surface area contributed by atoms with Gasteiger partial charge in [0.05, 0.1) is 24.2 Å². The number of benzene rings is 1. The van der Waals surface area contributed by atoms with Crippen LogP contribution >= 0.6 is 0 Å². The maximum atomic E-state index is 12.3. The summed E-state index contributed by atoms with van der Waals surface area (Å²) in [5, 5.41) is 33.3. The van der Waals surface area contributed by atoms with E-state index in [1.54, 1.807) is 53.7 Å². The molecule has 105 heavy (non-hydrogen) atoms. The Hall–Kier alpha value is -4.38. The molecule has 2 amide bonds. The van der Waals surface area contributed by atoms with Gasteiger partial charge < -0.3 is 72.6 Å². The van der Waals surface area contributed by atoms with Gasteiger partial charge in [0.25, 0.3) is 11.8 Å². The molecular weight excluding hydrogens is 1330 g/mol. The fraction of sp³-hybridized carbons (Fsp3) is 0.855. The van der Waals surface area contributed by atoms with Gasteiger partial charge in [-0.1, -0.05) is 138 Å². The molecule has 4 unspecified atom stereocenters. The zero-order valence-corrected chi connectivity index (χ0v) is 67.7. The molecule has 8 aliphatic carbocycles. The van der Waals surface area contributed by atoms with Crippen LogP contribution in [0.1, 0.15) is 304 Å². The summed E-state index contributed by atoms with van der Waals surface area (Å²) in [6.45, 7) is 35.6. The SMILES string of the molecule is C.CC(C)(C)OC(=O)OC(=O)OC(C)(C)C.CCC1CC[C@H](CN2C(=O)c3ccccc3C2=O)C1.CCC1CC[C@H](CO)C1.CC[C@@H]1CC[C@H](CN)C1.CC[C@@H]1CC[C@H](CO)C1.CC[C@H]1CC[C@H](CN)C1.CC[C@H]1CC[C@H](CN)C1.CO.NCC1CC[C@H](CO)C1.NN.O.[C-]#[N+]C1CC[C@H](C(=O)OC)C1. The molecule has 22 nitrogen and oxygen atoms in total. The number of nitrogens with two attached hydrogens (primary N) is 6. The number of carbonyl (C=O) groups is 5. The first kappa shape index (κ1) is 105. The molecule has 16 atom stereocenters. The number of imide groups is 1. The summed E-state index contributed by atoms with van der Waals surface area (Å²) in [5.41, 5.74) is 21.9. The van der Waals surface area contributed by atoms with Crippen molar-refractivity contribution >= 4 is 30.1 Å². The number of aliphatic hydroxyl groups is 4. The van der Waals surface area contributed by atoms with Crippen molar-refractivity contribution in [2.24, 2.45) is 123 Å². The zero-order valence-electron chi connectivity index (χ0n) is 67.7. The predicted molar refractivity (Wildman–Crippen MR) is 427 cm³/mol. The van der Waals surface area contributed by atoms with E-state index in [1.807, 2.05) is 12.1 Å². The average Bonchev–Trinajstić information content (AvgIpc) is 1.63. The molecule has 10 rings (SSSR count). The van der Waals surface area contributed by atoms with Crippen molar-refractivity contribution in [1.29, 1.82) is 0 Å². The van der Waals surface area contributed by atoms with Crippen LogP contribution in [0.5, 0.6) is 0 Å². The standard InChI is InChI=1S/C16H19NO2.C10H18O5.C8H11NO2.3C8H17N.2C8H16O.C7H15NO.CH4O.CH4.H4N2.H2O/c1-2-11-7-8-12(9-11)10-17-15(18)13-5-3-4-6-14(13)16(17)19;1-9(2,3)14-7(11)13-8(12)15-10(4,5)6;1-9-7-4-3-6(5-7)8(10)11-2;5*1-2-7-3-4-8(5-7)6-9;8-4-6-1-2-7(3-6)5-9;1-2;;1-2;/h3-6,11-12H,2,7-10H2,1H3;1-6H3;6-7H,3-5H2,2H3;3*7-8H,2-6,9H2,1H3;2*7-9H,2-6H2,1H3;6-7,9H,1-5,8H2;2H,1H3;1H4;1-2H2;1H2/t11?,12-;;6-,7?;7-,8+;2*7-,8-;7?,8-;7-,8+;6?,7-;;;;/m0.0100010..../s1. The molecule has 0 radical (unpaired) electrons. The highest BCUT2D eigenvalue weighted by Gasteiger charge is 2.38. The van der Waals surface area contributed by atoms with Crippen LogP contribution in [-0.2, 0) is 23.7 Å². The van der Waals surface area contributed by atoms with Crippen molar-refractivity contribution < 1.29 is 68.8 Å². The summed E-state index contributed by atoms with van der Waals surface area (Å²) in [4.78, 5) is 62.3. The van der Waals surface area contributed by atoms with Crippen molar-refractivity contribution in [3.8, 4) is 0 Å². The monoisotopic (exact) mass is 1490 g/mol. The van der Waals surface area contributed by atoms with Gasteiger partial charge in [0, 0.05) is 46.3 Å². The largest absolute Gasteiger partial charge is 0.519 e. The Morgan fingerprint density at radius 1 is 0.457 bits per heavy atom. The van der Waals surface area contributed by atoms with Crippen molar-refractivity contribution in [2.75, 3.05) is 66.8 Å². The van der Waals surface area contributed by atoms with Crippen LogP contribution in [-0.4, -0.2) is 145 Å². The fourth-order valence-corrected chi connectivity index (χ4v) is 15.7. The Kier molecular flexibility index (Phi) is 60.3. The summed E-state index contributed by atoms with van der Waals surface area (Å²) in [6, 6.07) is 7.18. The number of hydrogen-bond acceptors (Lipinski definition) is 19. The Labute approximate surface area is 638 Å². The number of rotatable bonds is 16. The Balaban J connectivity index is -0.00000112. The number of fused-ring (bicyclic) bond motifs is 1. The second-order valence-corrected chi connectivity index (χ2v) is 32.4. The van der Waals surface area contributed by atoms with Crippen molar-refractivity contribution in [1.82, 2.24) is 4.90 Å². The Bertz CT molecular complexity index is 2130. The Morgan fingerprint density at radius 3 is 0.933 bits per heavy atom. The van der Waals surface area contributed by atoms with E-state index in [0.717, 1.165) is 119 Å². The van der Waals surface area contributed by atoms with Crippen molar-refractivity contribution in [3.05, 3.63) is 46.8 Å². The number of nitrogens with zero attached hydrogens (tertiary/aromatic N) is 2. The number of methoxy groups -OCH3 is 1. The zero-order chi connectivity index (χ0) is 78.1. The summed E-state index contributed by atoms with van der Waals surface area (Å²) in [7, 11) is 2.40. The number of ether oxygens (including phenoxy) is 4. The molecule has 1 aromatic carbocycles. The lowest BCUT2D eigenvalue weighted by molar-refractivity contribution is -0.145. The molecule has 18 N–H and O–H groups in total. The minimum atomic E-state index is -1.06. The summed E-state index contributed by atoms with van der Waals surface area (Å²) in [6.07, 6.45) is 35.6. The van der Waals surface area contributed by atoms with Gasteiger partial charge >= 0.3 is 18.3 Å². The van der Waals surface area contributed by atoms with Crippen LogP contribution in [0.4, 0.5) is 9.59 Å². The maximum Gasteiger partial charge on any atom is 0.519 e. The van der Waals surface area contributed by atoms with Crippen LogP contribution < -0.4 is 34.6 Å². The number of esters is 1. The number of amides is 2. The van der Waals surface area contributed by atoms with Crippen LogP contribution in [0.25, 0.3) is 4.85 Å². The van der Waals surface area contributed by atoms with Gasteiger partial charge in [-0.2, -0.15) is 0 Å². The average molecular weight is 1490 g/mol. The van der Waals surface area contributed by atoms with Gasteiger partial charge in [-0.05, 0) is 265 Å². The highest BCUT2D eigenvalue weighted by atomic mass is 16.8. The predicted octanol–water partition coefficient (Wildman–Crippen LogP) is 14.7. The van der Waals surface area contributed by atoms with Gasteiger partial charge in [-0.25, -0.2) is 16.2 Å². The first-order valence-electron chi connectivity index (χ1n) is 40.1. The number of aliphatic hydroxyl groups excluding tert-OH is 4. The van der Waals surface area contributed by atoms with E-state index in [4.69, 9.17) is 59.4 Å². The van der Waals surface area contributed by atoms with Gasteiger partial charge in [0.1, 0.15) is 11.2 Å². The molecule has 0 bridgehead atoms. The van der Waals surface area contributed by atoms with Crippen LogP contribution in [0, 0.1) is 95.3 Å². The third kappa shape index (κ3) is 44.2. The molecule has 0 saturated heterocycles. The molecule has 9 aliphatic rings. The minimum Gasteiger partial charge on any atom is -0.469 e. The van der Waals surface area contributed by atoms with Crippen LogP contribution in [0.15, 0.2) is 24.3 Å². The second-order valence-electron chi connectivity index (χ2n) is 32.4. The van der Waals surface area contributed by atoms with E-state index >= 15 is 0 Å². The topological polar surface area (TPSA) is 398 Å². The van der Waals surface area contributed by atoms with Gasteiger partial charge in [0.15, 0.2) is 0 Å². The van der Waals surface area contributed by atoms with Crippen LogP contribution in [0.2, 0.25) is 0 Å². The third-order valence-corrected chi connectivity index (χ3v) is 22.5. The van der Waals surface area contributed by atoms with E-state index in [9.17, 15) is 24.0 Å². The Morgan fingerprint density at radius 2 is 0.714 bits per heavy atom. The van der Waals surface area contributed by atoms with Gasteiger partial charge in [-0.3, -0.25) is 31.0 Å². The molecule has 1 heterocycles. The summed E-state index contributed by atoms with van der Waals surface area (Å²) in [5.74, 6) is 18.8. The van der Waals surface area contributed by atoms with E-state index in [-0.39, 0.29) is 42.6 Å². The van der Waals surface area contributed by atoms with Crippen molar-refractivity contribution in [2.45, 2.75) is 300 Å². The number of hydrazine groups is 1. The van der Waals surface area contributed by atoms with Gasteiger partial charge in [-0.15, -0.1) is 0 Å². The lowest BCUT2D eigenvalue weighted by atomic mass is 10.0. The maximum absolute atomic E-state index is 12.3. The smallest absolute Gasteiger partial charge is 0.469 e. The highest BCUT2D eigenvalue weighted by molar-refractivity contribution is 6.21. The lowest BCUT2D eigenvalue weighted by Gasteiger charge is -2.20. The lowest BCUT2D eigenvalue weighted by Crippen LogP contribution is -2.34. The molecule has 0 aromatic heterocycles. The highest BCUT2D eigenvalue weighted by Crippen LogP contribution is 2.38. The van der Waals surface area contributed by atoms with Crippen LogP contribution in [0.3, 0.4) is 0 Å². The van der Waals surface area contributed by atoms with E-state index < -0.39 is 23.5 Å². The molecule has 0 spiro atoms. The molecule has 8 fully saturated rings. The molecule has 1 aliphatic heterocycles. The van der Waals surface area contributed by atoms with Gasteiger partial charge in [0.2, 0.25) is 6.04 Å². The van der Waals surface area contributed by atoms with E-state index in [0.29, 0.717) is 73.5 Å². The normalized spacial score (nSPS) is 27.8. The quantitative estimate of drug-likeness (QED) is 0.0140. The third-order valence-electron chi connectivity index (χ3n) is 22.5. The summed E-state index contributed by atoms with van der Waals surface area (Å²) >= 11 is 0. The minimum absolute atomic E-state index is 0. The van der Waals surface area contributed by atoms with Crippen molar-refractivity contribution in [3.63, 3.8) is 0 Å². The first-order valence-corrected chi connectivity index (χ1v) is 40.1. The molecule has 8 saturated carbocycles. The summed E-state index contributed by atoms with van der Waals surface area (Å²) < 4.78 is 18.4. The molecule has 22 heteroatoms. The molecule has 1 aromatic rings.